The largest absolute Gasteiger partial charge is 0.337 e. The Morgan fingerprint density at radius 3 is 2.48 bits per heavy atom. The fourth-order valence-electron chi connectivity index (χ4n) is 4.40. The monoisotopic (exact) mass is 441 g/mol. The van der Waals surface area contributed by atoms with Gasteiger partial charge in [0.2, 0.25) is 0 Å². The standard InChI is InChI=1S/C21H24ClN5.2C2H6/c1-4-9-21(5-2)14(3)26(19-12-24-10-8-16(19)21)13-20-25-17-11-15(22)6-7-18(17)27(20)23;2*1-2/h6-8,10-12H,3-5,9,13,23H2,1-2H3;2*1-2H3. The molecule has 0 amide bonds. The zero-order valence-corrected chi connectivity index (χ0v) is 20.5. The van der Waals surface area contributed by atoms with Crippen LogP contribution in [0.2, 0.25) is 5.02 Å². The molecule has 0 aliphatic carbocycles. The first kappa shape index (κ1) is 24.7. The summed E-state index contributed by atoms with van der Waals surface area (Å²) in [5.41, 5.74) is 5.10. The van der Waals surface area contributed by atoms with Gasteiger partial charge in [-0.3, -0.25) is 4.98 Å². The molecule has 1 aromatic carbocycles. The summed E-state index contributed by atoms with van der Waals surface area (Å²) in [6.45, 7) is 17.5. The molecule has 0 fully saturated rings. The molecule has 6 heteroatoms. The third-order valence-corrected chi connectivity index (χ3v) is 6.02. The molecule has 168 valence electrons. The van der Waals surface area contributed by atoms with Crippen molar-refractivity contribution < 1.29 is 0 Å². The van der Waals surface area contributed by atoms with Crippen molar-refractivity contribution in [1.82, 2.24) is 14.6 Å². The molecule has 2 N–H and O–H groups in total. The van der Waals surface area contributed by atoms with E-state index in [0.29, 0.717) is 11.6 Å². The zero-order valence-electron chi connectivity index (χ0n) is 19.7. The van der Waals surface area contributed by atoms with Crippen molar-refractivity contribution in [2.24, 2.45) is 0 Å². The molecule has 0 spiro atoms. The lowest BCUT2D eigenvalue weighted by molar-refractivity contribution is 0.448. The van der Waals surface area contributed by atoms with E-state index in [1.54, 1.807) is 4.68 Å². The summed E-state index contributed by atoms with van der Waals surface area (Å²) in [5.74, 6) is 7.10. The Hall–Kier alpha value is -2.53. The topological polar surface area (TPSA) is 60.0 Å². The van der Waals surface area contributed by atoms with E-state index in [1.165, 1.54) is 5.56 Å². The maximum atomic E-state index is 6.33. The number of nitrogens with zero attached hydrogens (tertiary/aromatic N) is 4. The van der Waals surface area contributed by atoms with Gasteiger partial charge in [-0.15, -0.1) is 0 Å². The molecule has 3 heterocycles. The van der Waals surface area contributed by atoms with E-state index < -0.39 is 0 Å². The Morgan fingerprint density at radius 1 is 1.13 bits per heavy atom. The molecular weight excluding hydrogens is 406 g/mol. The SMILES string of the molecule is C=C1N(Cc2nc3cc(Cl)ccc3n2N)c2cnccc2C1(CC)CCC.CC.CC. The molecule has 1 unspecified atom stereocenters. The number of halogens is 1. The Bertz CT molecular complexity index is 1030. The second-order valence-corrected chi connectivity index (χ2v) is 7.58. The van der Waals surface area contributed by atoms with Crippen molar-refractivity contribution in [3.63, 3.8) is 0 Å². The van der Waals surface area contributed by atoms with Crippen molar-refractivity contribution in [1.29, 1.82) is 0 Å². The van der Waals surface area contributed by atoms with E-state index in [0.717, 1.165) is 47.5 Å². The minimum absolute atomic E-state index is 0.0538. The number of hydrogen-bond donors (Lipinski definition) is 1. The number of nitrogen functional groups attached to an aromatic ring is 1. The van der Waals surface area contributed by atoms with Crippen molar-refractivity contribution in [3.05, 3.63) is 65.3 Å². The molecule has 0 saturated heterocycles. The average Bonchev–Trinajstić information content (AvgIpc) is 3.24. The highest BCUT2D eigenvalue weighted by Gasteiger charge is 2.44. The number of fused-ring (bicyclic) bond motifs is 2. The third kappa shape index (κ3) is 4.29. The Balaban J connectivity index is 0.000000807. The lowest BCUT2D eigenvalue weighted by Gasteiger charge is -2.31. The number of benzene rings is 1. The van der Waals surface area contributed by atoms with Crippen LogP contribution >= 0.6 is 11.6 Å². The van der Waals surface area contributed by atoms with E-state index in [9.17, 15) is 0 Å². The molecule has 0 bridgehead atoms. The summed E-state index contributed by atoms with van der Waals surface area (Å²) in [6, 6.07) is 7.70. The Labute approximate surface area is 191 Å². The molecule has 3 aromatic rings. The van der Waals surface area contributed by atoms with Gasteiger partial charge in [-0.05, 0) is 42.7 Å². The number of rotatable bonds is 5. The van der Waals surface area contributed by atoms with Crippen LogP contribution in [0.25, 0.3) is 11.0 Å². The van der Waals surface area contributed by atoms with Crippen LogP contribution in [0.1, 0.15) is 72.2 Å². The fraction of sp³-hybridized carbons (Fsp3) is 0.440. The third-order valence-electron chi connectivity index (χ3n) is 5.79. The smallest absolute Gasteiger partial charge is 0.148 e. The number of allylic oxidation sites excluding steroid dienone is 1. The van der Waals surface area contributed by atoms with Crippen molar-refractivity contribution in [2.75, 3.05) is 10.7 Å². The predicted octanol–water partition coefficient (Wildman–Crippen LogP) is 6.83. The lowest BCUT2D eigenvalue weighted by Crippen LogP contribution is -2.31. The Kier molecular flexibility index (Phi) is 8.52. The normalized spacial score (nSPS) is 17.0. The van der Waals surface area contributed by atoms with E-state index in [1.807, 2.05) is 58.3 Å². The van der Waals surface area contributed by atoms with E-state index in [2.05, 4.69) is 36.4 Å². The molecule has 4 rings (SSSR count). The van der Waals surface area contributed by atoms with Crippen LogP contribution < -0.4 is 10.7 Å². The predicted molar refractivity (Wildman–Crippen MR) is 134 cm³/mol. The average molecular weight is 442 g/mol. The van der Waals surface area contributed by atoms with Crippen LogP contribution in [0.5, 0.6) is 0 Å². The van der Waals surface area contributed by atoms with Gasteiger partial charge in [-0.2, -0.15) is 0 Å². The van der Waals surface area contributed by atoms with Crippen LogP contribution in [0.4, 0.5) is 5.69 Å². The van der Waals surface area contributed by atoms with Gasteiger partial charge in [0.25, 0.3) is 0 Å². The van der Waals surface area contributed by atoms with Gasteiger partial charge in [0.15, 0.2) is 0 Å². The molecule has 1 aliphatic heterocycles. The summed E-state index contributed by atoms with van der Waals surface area (Å²) in [4.78, 5) is 11.3. The van der Waals surface area contributed by atoms with Crippen LogP contribution in [0.15, 0.2) is 48.9 Å². The molecule has 0 radical (unpaired) electrons. The minimum atomic E-state index is -0.0538. The molecular formula is C25H36ClN5. The van der Waals surface area contributed by atoms with E-state index >= 15 is 0 Å². The minimum Gasteiger partial charge on any atom is -0.337 e. The van der Waals surface area contributed by atoms with Gasteiger partial charge >= 0.3 is 0 Å². The quantitative estimate of drug-likeness (QED) is 0.440. The number of pyridine rings is 1. The van der Waals surface area contributed by atoms with Crippen LogP contribution in [0, 0.1) is 0 Å². The van der Waals surface area contributed by atoms with Crippen LogP contribution in [0.3, 0.4) is 0 Å². The zero-order chi connectivity index (χ0) is 23.2. The maximum Gasteiger partial charge on any atom is 0.148 e. The highest BCUT2D eigenvalue weighted by molar-refractivity contribution is 6.31. The van der Waals surface area contributed by atoms with Crippen molar-refractivity contribution in [3.8, 4) is 0 Å². The molecule has 31 heavy (non-hydrogen) atoms. The van der Waals surface area contributed by atoms with Gasteiger partial charge in [-0.25, -0.2) is 9.66 Å². The highest BCUT2D eigenvalue weighted by Crippen LogP contribution is 2.51. The fourth-order valence-corrected chi connectivity index (χ4v) is 4.56. The number of aromatic nitrogens is 3. The first-order chi connectivity index (χ1) is 15.0. The van der Waals surface area contributed by atoms with Crippen molar-refractivity contribution >= 4 is 28.3 Å². The van der Waals surface area contributed by atoms with Gasteiger partial charge in [0, 0.05) is 22.3 Å². The highest BCUT2D eigenvalue weighted by atomic mass is 35.5. The molecule has 2 aromatic heterocycles. The van der Waals surface area contributed by atoms with E-state index in [4.69, 9.17) is 22.4 Å². The first-order valence-electron chi connectivity index (χ1n) is 11.3. The molecule has 1 atom stereocenters. The maximum absolute atomic E-state index is 6.33. The number of hydrogen-bond acceptors (Lipinski definition) is 4. The summed E-state index contributed by atoms with van der Waals surface area (Å²) in [5, 5.41) is 0.653. The molecule has 0 saturated carbocycles. The van der Waals surface area contributed by atoms with Gasteiger partial charge in [0.05, 0.1) is 29.5 Å². The second kappa shape index (κ2) is 10.7. The van der Waals surface area contributed by atoms with Gasteiger partial charge in [0.1, 0.15) is 5.82 Å². The first-order valence-corrected chi connectivity index (χ1v) is 11.7. The van der Waals surface area contributed by atoms with Crippen molar-refractivity contribution in [2.45, 2.75) is 72.8 Å². The number of anilines is 1. The summed E-state index contributed by atoms with van der Waals surface area (Å²) < 4.78 is 1.64. The van der Waals surface area contributed by atoms with E-state index in [-0.39, 0.29) is 5.41 Å². The van der Waals surface area contributed by atoms with Gasteiger partial charge in [-0.1, -0.05) is 66.1 Å². The summed E-state index contributed by atoms with van der Waals surface area (Å²) >= 11 is 6.11. The number of imidazole rings is 1. The summed E-state index contributed by atoms with van der Waals surface area (Å²) in [7, 11) is 0. The van der Waals surface area contributed by atoms with Crippen LogP contribution in [-0.2, 0) is 12.0 Å². The lowest BCUT2D eigenvalue weighted by atomic mass is 9.74. The Morgan fingerprint density at radius 2 is 1.84 bits per heavy atom. The molecule has 1 aliphatic rings. The number of nitrogens with two attached hydrogens (primary N) is 1. The summed E-state index contributed by atoms with van der Waals surface area (Å²) in [6.07, 6.45) is 6.95. The molecule has 5 nitrogen and oxygen atoms in total. The van der Waals surface area contributed by atoms with Crippen LogP contribution in [-0.4, -0.2) is 14.6 Å². The van der Waals surface area contributed by atoms with Gasteiger partial charge < -0.3 is 10.7 Å². The second-order valence-electron chi connectivity index (χ2n) is 7.14.